The first-order valence-corrected chi connectivity index (χ1v) is 6.20. The predicted octanol–water partition coefficient (Wildman–Crippen LogP) is 2.43. The Bertz CT molecular complexity index is 276. The molecule has 0 aliphatic heterocycles. The molecule has 0 bridgehead atoms. The second kappa shape index (κ2) is 9.50. The molecule has 0 aromatic heterocycles. The Morgan fingerprint density at radius 1 is 1.39 bits per heavy atom. The highest BCUT2D eigenvalue weighted by Gasteiger charge is 2.15. The molecule has 1 unspecified atom stereocenters. The van der Waals surface area contributed by atoms with E-state index in [9.17, 15) is 9.59 Å². The highest BCUT2D eigenvalue weighted by Crippen LogP contribution is 2.20. The van der Waals surface area contributed by atoms with E-state index >= 15 is 0 Å². The Balaban J connectivity index is 3.86. The van der Waals surface area contributed by atoms with Gasteiger partial charge in [-0.15, -0.1) is 0 Å². The highest BCUT2D eigenvalue weighted by molar-refractivity contribution is 5.67. The number of carboxylic acid groups (broad SMARTS) is 1. The normalized spacial score (nSPS) is 11.9. The molecule has 0 fully saturated rings. The molecule has 0 rings (SSSR count). The molecule has 0 radical (unpaired) electrons. The van der Waals surface area contributed by atoms with Gasteiger partial charge in [-0.25, -0.2) is 4.79 Å². The van der Waals surface area contributed by atoms with Gasteiger partial charge in [0, 0.05) is 13.0 Å². The van der Waals surface area contributed by atoms with E-state index in [1.165, 1.54) is 6.08 Å². The fourth-order valence-corrected chi connectivity index (χ4v) is 1.67. The number of carboxylic acids is 1. The summed E-state index contributed by atoms with van der Waals surface area (Å²) in [5.74, 6) is -0.0878. The van der Waals surface area contributed by atoms with Crippen molar-refractivity contribution in [3.05, 3.63) is 12.7 Å². The van der Waals surface area contributed by atoms with E-state index in [0.717, 1.165) is 6.42 Å². The lowest BCUT2D eigenvalue weighted by molar-refractivity contribution is -0.137. The topological polar surface area (TPSA) is 75.6 Å². The third-order valence-electron chi connectivity index (χ3n) is 2.79. The minimum atomic E-state index is -0.779. The van der Waals surface area contributed by atoms with Gasteiger partial charge in [-0.05, 0) is 24.7 Å². The number of alkyl carbamates (subject to hydrolysis) is 1. The summed E-state index contributed by atoms with van der Waals surface area (Å²) in [6.45, 7) is 8.25. The lowest BCUT2D eigenvalue weighted by Gasteiger charge is -2.20. The van der Waals surface area contributed by atoms with Crippen LogP contribution >= 0.6 is 0 Å². The zero-order valence-corrected chi connectivity index (χ0v) is 11.1. The summed E-state index contributed by atoms with van der Waals surface area (Å²) in [5, 5.41) is 11.3. The van der Waals surface area contributed by atoms with Crippen LogP contribution in [0.1, 0.15) is 33.1 Å². The Morgan fingerprint density at radius 2 is 2.06 bits per heavy atom. The predicted molar refractivity (Wildman–Crippen MR) is 69.4 cm³/mol. The Hall–Kier alpha value is -1.52. The second-order valence-corrected chi connectivity index (χ2v) is 4.54. The molecular weight excluding hydrogens is 234 g/mol. The zero-order chi connectivity index (χ0) is 14.0. The van der Waals surface area contributed by atoms with Gasteiger partial charge in [-0.3, -0.25) is 4.79 Å². The minimum absolute atomic E-state index is 0.170. The Kier molecular flexibility index (Phi) is 8.70. The van der Waals surface area contributed by atoms with Crippen molar-refractivity contribution in [1.82, 2.24) is 5.32 Å². The van der Waals surface area contributed by atoms with Gasteiger partial charge in [0.1, 0.15) is 6.61 Å². The van der Waals surface area contributed by atoms with Crippen LogP contribution in [0.4, 0.5) is 4.79 Å². The number of aliphatic carboxylic acids is 1. The molecule has 0 aliphatic carbocycles. The third kappa shape index (κ3) is 8.61. The van der Waals surface area contributed by atoms with Crippen molar-refractivity contribution in [3.8, 4) is 0 Å². The van der Waals surface area contributed by atoms with Crippen LogP contribution in [0.25, 0.3) is 0 Å². The molecule has 0 aliphatic rings. The maximum absolute atomic E-state index is 11.1. The maximum Gasteiger partial charge on any atom is 0.407 e. The molecule has 0 aromatic carbocycles. The van der Waals surface area contributed by atoms with E-state index < -0.39 is 12.1 Å². The standard InChI is InChI=1S/C13H23NO4/c1-4-9-18-13(17)14-8-7-11(10(2)3)5-6-12(15)16/h4,10-11H,1,5-9H2,2-3H3,(H,14,17)(H,15,16). The molecule has 5 nitrogen and oxygen atoms in total. The molecule has 18 heavy (non-hydrogen) atoms. The number of rotatable bonds is 9. The first-order chi connectivity index (χ1) is 8.47. The Morgan fingerprint density at radius 3 is 2.56 bits per heavy atom. The van der Waals surface area contributed by atoms with E-state index in [-0.39, 0.29) is 13.0 Å². The third-order valence-corrected chi connectivity index (χ3v) is 2.79. The second-order valence-electron chi connectivity index (χ2n) is 4.54. The monoisotopic (exact) mass is 257 g/mol. The van der Waals surface area contributed by atoms with Crippen molar-refractivity contribution in [2.75, 3.05) is 13.2 Å². The van der Waals surface area contributed by atoms with Gasteiger partial charge in [0.25, 0.3) is 0 Å². The van der Waals surface area contributed by atoms with Crippen LogP contribution in [0.5, 0.6) is 0 Å². The van der Waals surface area contributed by atoms with Crippen molar-refractivity contribution in [1.29, 1.82) is 0 Å². The van der Waals surface area contributed by atoms with Crippen LogP contribution in [0, 0.1) is 11.8 Å². The van der Waals surface area contributed by atoms with Crippen LogP contribution in [0.3, 0.4) is 0 Å². The van der Waals surface area contributed by atoms with Crippen LogP contribution in [0.2, 0.25) is 0 Å². The van der Waals surface area contributed by atoms with E-state index in [1.54, 1.807) is 0 Å². The molecule has 1 atom stereocenters. The van der Waals surface area contributed by atoms with Gasteiger partial charge in [0.05, 0.1) is 0 Å². The van der Waals surface area contributed by atoms with Crippen molar-refractivity contribution < 1.29 is 19.4 Å². The first-order valence-electron chi connectivity index (χ1n) is 6.20. The fraction of sp³-hybridized carbons (Fsp3) is 0.692. The first kappa shape index (κ1) is 16.5. The summed E-state index contributed by atoms with van der Waals surface area (Å²) < 4.78 is 4.77. The summed E-state index contributed by atoms with van der Waals surface area (Å²) in [6.07, 6.45) is 2.60. The molecule has 0 saturated carbocycles. The minimum Gasteiger partial charge on any atom is -0.481 e. The summed E-state index contributed by atoms with van der Waals surface area (Å²) in [5.41, 5.74) is 0. The molecule has 0 heterocycles. The Labute approximate surface area is 108 Å². The molecule has 0 aromatic rings. The van der Waals surface area contributed by atoms with Crippen molar-refractivity contribution in [3.63, 3.8) is 0 Å². The smallest absolute Gasteiger partial charge is 0.407 e. The molecule has 0 spiro atoms. The molecule has 2 N–H and O–H groups in total. The van der Waals surface area contributed by atoms with Gasteiger partial charge in [-0.1, -0.05) is 26.5 Å². The van der Waals surface area contributed by atoms with Crippen LogP contribution in [-0.4, -0.2) is 30.3 Å². The largest absolute Gasteiger partial charge is 0.481 e. The lowest BCUT2D eigenvalue weighted by Crippen LogP contribution is -2.27. The molecule has 5 heteroatoms. The summed E-state index contributed by atoms with van der Waals surface area (Å²) in [4.78, 5) is 21.7. The van der Waals surface area contributed by atoms with Crippen molar-refractivity contribution in [2.45, 2.75) is 33.1 Å². The summed E-state index contributed by atoms with van der Waals surface area (Å²) in [7, 11) is 0. The van der Waals surface area contributed by atoms with Crippen molar-refractivity contribution >= 4 is 12.1 Å². The quantitative estimate of drug-likeness (QED) is 0.622. The zero-order valence-electron chi connectivity index (χ0n) is 11.1. The average molecular weight is 257 g/mol. The number of ether oxygens (including phenoxy) is 1. The van der Waals surface area contributed by atoms with E-state index in [2.05, 4.69) is 25.7 Å². The van der Waals surface area contributed by atoms with Crippen LogP contribution in [0.15, 0.2) is 12.7 Å². The maximum atomic E-state index is 11.1. The number of nitrogens with one attached hydrogen (secondary N) is 1. The van der Waals surface area contributed by atoms with Crippen LogP contribution < -0.4 is 5.32 Å². The summed E-state index contributed by atoms with van der Waals surface area (Å²) in [6, 6.07) is 0. The van der Waals surface area contributed by atoms with E-state index in [0.29, 0.717) is 24.8 Å². The molecular formula is C13H23NO4. The van der Waals surface area contributed by atoms with Crippen molar-refractivity contribution in [2.24, 2.45) is 11.8 Å². The van der Waals surface area contributed by atoms with E-state index in [4.69, 9.17) is 9.84 Å². The highest BCUT2D eigenvalue weighted by atomic mass is 16.5. The molecule has 104 valence electrons. The van der Waals surface area contributed by atoms with Gasteiger partial charge in [0.2, 0.25) is 0 Å². The lowest BCUT2D eigenvalue weighted by atomic mass is 9.88. The fourth-order valence-electron chi connectivity index (χ4n) is 1.67. The number of hydrogen-bond acceptors (Lipinski definition) is 3. The number of amides is 1. The van der Waals surface area contributed by atoms with Gasteiger partial charge >= 0.3 is 12.1 Å². The van der Waals surface area contributed by atoms with Gasteiger partial charge in [0.15, 0.2) is 0 Å². The summed E-state index contributed by atoms with van der Waals surface area (Å²) >= 11 is 0. The van der Waals surface area contributed by atoms with Gasteiger partial charge in [-0.2, -0.15) is 0 Å². The van der Waals surface area contributed by atoms with Gasteiger partial charge < -0.3 is 15.2 Å². The number of carbonyl (C=O) groups is 2. The SMILES string of the molecule is C=CCOC(=O)NCCC(CCC(=O)O)C(C)C. The van der Waals surface area contributed by atoms with E-state index in [1.807, 2.05) is 0 Å². The average Bonchev–Trinajstić information content (AvgIpc) is 2.30. The van der Waals surface area contributed by atoms with Crippen LogP contribution in [-0.2, 0) is 9.53 Å². The number of hydrogen-bond donors (Lipinski definition) is 2. The number of carbonyl (C=O) groups excluding carboxylic acids is 1. The molecule has 0 saturated heterocycles. The molecule has 1 amide bonds.